The van der Waals surface area contributed by atoms with Gasteiger partial charge in [-0.25, -0.2) is 5.06 Å². The van der Waals surface area contributed by atoms with E-state index in [9.17, 15) is 15.1 Å². The van der Waals surface area contributed by atoms with Crippen LogP contribution in [0.25, 0.3) is 0 Å². The first-order valence-corrected chi connectivity index (χ1v) is 5.05. The summed E-state index contributed by atoms with van der Waals surface area (Å²) in [5.74, 6) is -0.282. The Hall–Kier alpha value is -2.33. The molecule has 1 aromatic rings. The number of rotatable bonds is 2. The van der Waals surface area contributed by atoms with E-state index in [1.54, 1.807) is 24.3 Å². The van der Waals surface area contributed by atoms with Crippen molar-refractivity contribution in [3.8, 4) is 0 Å². The summed E-state index contributed by atoms with van der Waals surface area (Å²) in [6, 6.07) is 8.76. The molecule has 86 valence electrons. The molecule has 0 atom stereocenters. The second kappa shape index (κ2) is 4.67. The topological polar surface area (TPSA) is 60.8 Å². The summed E-state index contributed by atoms with van der Waals surface area (Å²) >= 11 is 0. The van der Waals surface area contributed by atoms with Crippen LogP contribution < -0.4 is 5.06 Å². The van der Waals surface area contributed by atoms with Gasteiger partial charge in [0, 0.05) is 11.8 Å². The Kier molecular flexibility index (Phi) is 3.07. The van der Waals surface area contributed by atoms with Gasteiger partial charge in [0.25, 0.3) is 0 Å². The first kappa shape index (κ1) is 11.2. The molecule has 2 rings (SSSR count). The van der Waals surface area contributed by atoms with Crippen molar-refractivity contribution in [3.63, 3.8) is 0 Å². The van der Waals surface area contributed by atoms with Crippen LogP contribution in [-0.4, -0.2) is 16.1 Å². The average Bonchev–Trinajstić information content (AvgIpc) is 2.35. The zero-order valence-corrected chi connectivity index (χ0v) is 8.95. The predicted octanol–water partition coefficient (Wildman–Crippen LogP) is 2.35. The van der Waals surface area contributed by atoms with E-state index >= 15 is 0 Å². The van der Waals surface area contributed by atoms with Gasteiger partial charge in [-0.1, -0.05) is 18.2 Å². The lowest BCUT2D eigenvalue weighted by molar-refractivity contribution is -0.111. The summed E-state index contributed by atoms with van der Waals surface area (Å²) in [7, 11) is 0. The highest BCUT2D eigenvalue weighted by Gasteiger charge is 2.11. The van der Waals surface area contributed by atoms with Crippen molar-refractivity contribution in [1.29, 1.82) is 0 Å². The van der Waals surface area contributed by atoms with Crippen LogP contribution in [0.2, 0.25) is 0 Å². The number of allylic oxidation sites excluding steroid dienone is 4. The smallest absolute Gasteiger partial charge is 0.187 e. The Labute approximate surface area is 98.4 Å². The molecular weight excluding hydrogens is 218 g/mol. The van der Waals surface area contributed by atoms with E-state index in [1.165, 1.54) is 24.4 Å². The third-order valence-electron chi connectivity index (χ3n) is 2.28. The summed E-state index contributed by atoms with van der Waals surface area (Å²) in [5, 5.41) is 19.9. The van der Waals surface area contributed by atoms with Gasteiger partial charge in [0.2, 0.25) is 0 Å². The molecule has 1 aromatic carbocycles. The summed E-state index contributed by atoms with van der Waals surface area (Å²) in [5.41, 5.74) is 0.756. The van der Waals surface area contributed by atoms with Crippen molar-refractivity contribution in [3.05, 3.63) is 66.1 Å². The lowest BCUT2D eigenvalue weighted by Gasteiger charge is -2.13. The van der Waals surface area contributed by atoms with Gasteiger partial charge in [-0.15, -0.1) is 0 Å². The molecule has 4 nitrogen and oxygen atoms in total. The van der Waals surface area contributed by atoms with E-state index in [0.717, 1.165) is 5.06 Å². The molecule has 0 radical (unpaired) electrons. The molecule has 0 heterocycles. The van der Waals surface area contributed by atoms with Gasteiger partial charge in [0.15, 0.2) is 5.78 Å². The Balaban J connectivity index is 2.26. The lowest BCUT2D eigenvalue weighted by atomic mass is 10.1. The molecule has 0 aliphatic heterocycles. The number of nitrogens with zero attached hydrogens (tertiary/aromatic N) is 1. The molecule has 0 saturated carbocycles. The molecule has 17 heavy (non-hydrogen) atoms. The standard InChI is InChI=1S/C13H11NO3/c15-12-6-7-13(16)10(8-12)9-14(17)11-4-2-1-3-5-11/h1-9,15,17H. The Bertz CT molecular complexity index is 515. The molecule has 0 aromatic heterocycles. The van der Waals surface area contributed by atoms with Crippen LogP contribution in [0, 0.1) is 0 Å². The first-order valence-electron chi connectivity index (χ1n) is 5.05. The number of ketones is 1. The molecule has 4 heteroatoms. The number of anilines is 1. The maximum atomic E-state index is 11.5. The highest BCUT2D eigenvalue weighted by molar-refractivity contribution is 6.07. The fraction of sp³-hybridized carbons (Fsp3) is 0. The quantitative estimate of drug-likeness (QED) is 0.603. The van der Waals surface area contributed by atoms with E-state index in [1.807, 2.05) is 6.07 Å². The molecule has 0 bridgehead atoms. The van der Waals surface area contributed by atoms with Crippen molar-refractivity contribution >= 4 is 11.5 Å². The van der Waals surface area contributed by atoms with Crippen LogP contribution in [-0.2, 0) is 4.79 Å². The normalized spacial score (nSPS) is 17.1. The number of hydrogen-bond acceptors (Lipinski definition) is 4. The van der Waals surface area contributed by atoms with Gasteiger partial charge in [0.05, 0.1) is 5.69 Å². The number of carbonyl (C=O) groups excluding carboxylic acids is 1. The van der Waals surface area contributed by atoms with E-state index < -0.39 is 0 Å². The van der Waals surface area contributed by atoms with Crippen molar-refractivity contribution in [2.45, 2.75) is 0 Å². The molecule has 0 fully saturated rings. The van der Waals surface area contributed by atoms with Crippen molar-refractivity contribution in [2.24, 2.45) is 0 Å². The second-order valence-corrected chi connectivity index (χ2v) is 3.53. The number of para-hydroxylation sites is 1. The minimum Gasteiger partial charge on any atom is -0.508 e. The van der Waals surface area contributed by atoms with Gasteiger partial charge in [-0.3, -0.25) is 10.0 Å². The fourth-order valence-corrected chi connectivity index (χ4v) is 1.42. The van der Waals surface area contributed by atoms with Crippen LogP contribution in [0.1, 0.15) is 0 Å². The molecule has 2 N–H and O–H groups in total. The van der Waals surface area contributed by atoms with Gasteiger partial charge in [-0.2, -0.15) is 0 Å². The number of carbonyl (C=O) groups is 1. The van der Waals surface area contributed by atoms with Crippen LogP contribution in [0.5, 0.6) is 0 Å². The molecule has 0 amide bonds. The summed E-state index contributed by atoms with van der Waals surface area (Å²) < 4.78 is 0. The maximum Gasteiger partial charge on any atom is 0.187 e. The van der Waals surface area contributed by atoms with Crippen LogP contribution >= 0.6 is 0 Å². The van der Waals surface area contributed by atoms with Gasteiger partial charge in [0.1, 0.15) is 5.76 Å². The molecule has 0 spiro atoms. The minimum atomic E-state index is -0.266. The molecule has 1 aliphatic rings. The van der Waals surface area contributed by atoms with Crippen LogP contribution in [0.4, 0.5) is 5.69 Å². The highest BCUT2D eigenvalue weighted by atomic mass is 16.5. The summed E-state index contributed by atoms with van der Waals surface area (Å²) in [6.45, 7) is 0. The zero-order chi connectivity index (χ0) is 12.3. The van der Waals surface area contributed by atoms with Crippen molar-refractivity contribution in [1.82, 2.24) is 0 Å². The lowest BCUT2D eigenvalue weighted by Crippen LogP contribution is -2.13. The third-order valence-corrected chi connectivity index (χ3v) is 2.28. The van der Waals surface area contributed by atoms with Crippen molar-refractivity contribution < 1.29 is 15.1 Å². The van der Waals surface area contributed by atoms with E-state index in [0.29, 0.717) is 5.69 Å². The average molecular weight is 229 g/mol. The van der Waals surface area contributed by atoms with Crippen molar-refractivity contribution in [2.75, 3.05) is 5.06 Å². The van der Waals surface area contributed by atoms with E-state index in [2.05, 4.69) is 0 Å². The Morgan fingerprint density at radius 1 is 1.12 bits per heavy atom. The third kappa shape index (κ3) is 2.62. The fourth-order valence-electron chi connectivity index (χ4n) is 1.42. The molecule has 0 saturated heterocycles. The predicted molar refractivity (Wildman–Crippen MR) is 63.6 cm³/mol. The minimum absolute atomic E-state index is 0.0164. The van der Waals surface area contributed by atoms with Crippen LogP contribution in [0.3, 0.4) is 0 Å². The zero-order valence-electron chi connectivity index (χ0n) is 8.95. The number of hydrogen-bond donors (Lipinski definition) is 2. The Morgan fingerprint density at radius 3 is 2.53 bits per heavy atom. The molecule has 0 unspecified atom stereocenters. The second-order valence-electron chi connectivity index (χ2n) is 3.53. The largest absolute Gasteiger partial charge is 0.508 e. The summed E-state index contributed by atoms with van der Waals surface area (Å²) in [4.78, 5) is 11.5. The SMILES string of the molecule is O=C1C=CC(O)=CC1=CN(O)c1ccccc1. The first-order chi connectivity index (χ1) is 8.16. The maximum absolute atomic E-state index is 11.5. The Morgan fingerprint density at radius 2 is 1.82 bits per heavy atom. The molecule has 1 aliphatic carbocycles. The monoisotopic (exact) mass is 229 g/mol. The number of hydroxylamine groups is 1. The van der Waals surface area contributed by atoms with Crippen LogP contribution in [0.15, 0.2) is 66.1 Å². The number of benzene rings is 1. The van der Waals surface area contributed by atoms with Gasteiger partial charge < -0.3 is 5.11 Å². The van der Waals surface area contributed by atoms with E-state index in [-0.39, 0.29) is 17.1 Å². The molecular formula is C13H11NO3. The number of aliphatic hydroxyl groups is 1. The summed E-state index contributed by atoms with van der Waals surface area (Å²) in [6.07, 6.45) is 5.12. The highest BCUT2D eigenvalue weighted by Crippen LogP contribution is 2.16. The number of aliphatic hydroxyl groups excluding tert-OH is 1. The van der Waals surface area contributed by atoms with E-state index in [4.69, 9.17) is 0 Å². The van der Waals surface area contributed by atoms with Gasteiger partial charge >= 0.3 is 0 Å². The van der Waals surface area contributed by atoms with Gasteiger partial charge in [-0.05, 0) is 30.4 Å².